The summed E-state index contributed by atoms with van der Waals surface area (Å²) < 4.78 is 12.1. The van der Waals surface area contributed by atoms with Gasteiger partial charge in [-0.15, -0.1) is 11.3 Å². The van der Waals surface area contributed by atoms with Crippen LogP contribution in [0.25, 0.3) is 21.0 Å². The highest BCUT2D eigenvalue weighted by atomic mass is 32.1. The van der Waals surface area contributed by atoms with E-state index in [1.54, 1.807) is 17.4 Å². The number of aromatic nitrogens is 1. The van der Waals surface area contributed by atoms with Crippen LogP contribution in [0.2, 0.25) is 0 Å². The van der Waals surface area contributed by atoms with Gasteiger partial charge in [0.25, 0.3) is 0 Å². The monoisotopic (exact) mass is 372 g/mol. The highest BCUT2D eigenvalue weighted by molar-refractivity contribution is 7.21. The molecule has 1 aliphatic heterocycles. The molecule has 1 amide bonds. The normalized spacial score (nSPS) is 19.7. The minimum atomic E-state index is -1.04. The van der Waals surface area contributed by atoms with Gasteiger partial charge in [-0.1, -0.05) is 12.1 Å². The van der Waals surface area contributed by atoms with Crippen LogP contribution < -0.4 is 5.32 Å². The largest absolute Gasteiger partial charge is 0.479 e. The van der Waals surface area contributed by atoms with Crippen LogP contribution in [-0.4, -0.2) is 34.2 Å². The summed E-state index contributed by atoms with van der Waals surface area (Å²) in [6.07, 6.45) is -0.886. The van der Waals surface area contributed by atoms with Gasteiger partial charge in [0.15, 0.2) is 16.9 Å². The Labute approximate surface area is 152 Å². The predicted molar refractivity (Wildman–Crippen MR) is 94.7 cm³/mol. The molecule has 0 aliphatic carbocycles. The van der Waals surface area contributed by atoms with Gasteiger partial charge >= 0.3 is 5.97 Å². The van der Waals surface area contributed by atoms with Gasteiger partial charge in [-0.25, -0.2) is 9.78 Å². The molecule has 1 saturated heterocycles. The van der Waals surface area contributed by atoms with Gasteiger partial charge in [-0.2, -0.15) is 0 Å². The number of fused-ring (bicyclic) bond motifs is 1. The molecular formula is C18H16N2O5S. The maximum absolute atomic E-state index is 12.1. The molecule has 0 radical (unpaired) electrons. The molecule has 26 heavy (non-hydrogen) atoms. The third-order valence-corrected chi connectivity index (χ3v) is 5.24. The van der Waals surface area contributed by atoms with E-state index >= 15 is 0 Å². The first kappa shape index (κ1) is 16.7. The van der Waals surface area contributed by atoms with Gasteiger partial charge in [0, 0.05) is 0 Å². The number of carbonyl (C=O) groups is 2. The number of ether oxygens (including phenoxy) is 1. The number of carbonyl (C=O) groups excluding carboxylic acids is 1. The topological polar surface area (TPSA) is 102 Å². The molecule has 3 heterocycles. The maximum atomic E-state index is 12.1. The lowest BCUT2D eigenvalue weighted by molar-refractivity contribution is -0.151. The number of aliphatic carboxylic acids is 1. The first-order chi connectivity index (χ1) is 12.6. The highest BCUT2D eigenvalue weighted by Crippen LogP contribution is 2.31. The molecule has 2 N–H and O–H groups in total. The van der Waals surface area contributed by atoms with Crippen LogP contribution in [0.1, 0.15) is 18.6 Å². The summed E-state index contributed by atoms with van der Waals surface area (Å²) in [6, 6.07) is 11.5. The van der Waals surface area contributed by atoms with E-state index in [0.29, 0.717) is 24.4 Å². The highest BCUT2D eigenvalue weighted by Gasteiger charge is 2.34. The van der Waals surface area contributed by atoms with Gasteiger partial charge in [0.2, 0.25) is 5.91 Å². The quantitative estimate of drug-likeness (QED) is 0.714. The van der Waals surface area contributed by atoms with Gasteiger partial charge < -0.3 is 19.6 Å². The Morgan fingerprint density at radius 2 is 2.00 bits per heavy atom. The van der Waals surface area contributed by atoms with E-state index < -0.39 is 18.2 Å². The number of rotatable bonds is 5. The number of hydrogen-bond donors (Lipinski definition) is 2. The number of thiazole rings is 1. The van der Waals surface area contributed by atoms with Crippen molar-refractivity contribution in [1.82, 2.24) is 10.3 Å². The zero-order valence-electron chi connectivity index (χ0n) is 13.7. The number of carboxylic acids is 1. The van der Waals surface area contributed by atoms with E-state index in [0.717, 1.165) is 15.2 Å². The number of furan rings is 1. The van der Waals surface area contributed by atoms with E-state index in [-0.39, 0.29) is 12.5 Å². The summed E-state index contributed by atoms with van der Waals surface area (Å²) in [5.74, 6) is -0.114. The van der Waals surface area contributed by atoms with Crippen LogP contribution in [0.15, 0.2) is 40.8 Å². The lowest BCUT2D eigenvalue weighted by Gasteiger charge is -2.10. The Kier molecular flexibility index (Phi) is 4.44. The average Bonchev–Trinajstić information content (AvgIpc) is 3.37. The molecule has 1 aliphatic rings. The van der Waals surface area contributed by atoms with Crippen molar-refractivity contribution in [3.05, 3.63) is 42.2 Å². The summed E-state index contributed by atoms with van der Waals surface area (Å²) in [4.78, 5) is 27.5. The zero-order chi connectivity index (χ0) is 18.1. The average molecular weight is 372 g/mol. The molecule has 1 aromatic carbocycles. The summed E-state index contributed by atoms with van der Waals surface area (Å²) in [5.41, 5.74) is 0.921. The van der Waals surface area contributed by atoms with Crippen molar-refractivity contribution in [2.75, 3.05) is 0 Å². The molecule has 0 saturated carbocycles. The van der Waals surface area contributed by atoms with Crippen molar-refractivity contribution >= 4 is 33.4 Å². The Morgan fingerprint density at radius 1 is 1.19 bits per heavy atom. The smallest absolute Gasteiger partial charge is 0.332 e. The Hall–Kier alpha value is -2.71. The number of carboxylic acid groups (broad SMARTS) is 1. The van der Waals surface area contributed by atoms with Gasteiger partial charge in [-0.05, 0) is 37.1 Å². The lowest BCUT2D eigenvalue weighted by atomic mass is 10.2. The molecule has 0 bridgehead atoms. The van der Waals surface area contributed by atoms with Crippen molar-refractivity contribution in [2.24, 2.45) is 0 Å². The molecule has 134 valence electrons. The van der Waals surface area contributed by atoms with Crippen LogP contribution in [0.4, 0.5) is 0 Å². The molecule has 3 aromatic rings. The number of hydrogen-bond acceptors (Lipinski definition) is 6. The first-order valence-corrected chi connectivity index (χ1v) is 9.02. The van der Waals surface area contributed by atoms with Gasteiger partial charge in [0.05, 0.1) is 16.8 Å². The number of benzene rings is 1. The second-order valence-electron chi connectivity index (χ2n) is 6.00. The van der Waals surface area contributed by atoms with E-state index in [1.165, 1.54) is 0 Å². The van der Waals surface area contributed by atoms with Crippen molar-refractivity contribution < 1.29 is 23.8 Å². The minimum Gasteiger partial charge on any atom is -0.479 e. The molecular weight excluding hydrogens is 356 g/mol. The Morgan fingerprint density at radius 3 is 2.77 bits per heavy atom. The summed E-state index contributed by atoms with van der Waals surface area (Å²) >= 11 is 1.54. The minimum absolute atomic E-state index is 0.210. The second-order valence-corrected chi connectivity index (χ2v) is 7.03. The summed E-state index contributed by atoms with van der Waals surface area (Å²) in [7, 11) is 0. The van der Waals surface area contributed by atoms with Gasteiger partial charge in [0.1, 0.15) is 11.9 Å². The summed E-state index contributed by atoms with van der Waals surface area (Å²) in [5, 5.41) is 12.4. The Bertz CT molecular complexity index is 930. The van der Waals surface area contributed by atoms with Crippen LogP contribution >= 0.6 is 11.3 Å². The number of nitrogens with zero attached hydrogens (tertiary/aromatic N) is 1. The van der Waals surface area contributed by atoms with Crippen molar-refractivity contribution in [3.63, 3.8) is 0 Å². The van der Waals surface area contributed by atoms with Crippen molar-refractivity contribution in [1.29, 1.82) is 0 Å². The molecule has 1 fully saturated rings. The molecule has 0 unspecified atom stereocenters. The Balaban J connectivity index is 1.38. The summed E-state index contributed by atoms with van der Waals surface area (Å²) in [6.45, 7) is 0.210. The van der Waals surface area contributed by atoms with Crippen LogP contribution in [0.5, 0.6) is 0 Å². The van der Waals surface area contributed by atoms with Crippen LogP contribution in [0.3, 0.4) is 0 Å². The zero-order valence-corrected chi connectivity index (χ0v) is 14.5. The fourth-order valence-corrected chi connectivity index (χ4v) is 3.79. The standard InChI is InChI=1S/C18H16N2O5S/c21-16(12-7-8-14(25-12)18(22)23)19-9-10-5-6-13(24-10)17-20-11-3-1-2-4-15(11)26-17/h1-6,12,14H,7-9H2,(H,19,21)(H,22,23)/t12-,14+/m0/s1. The number of nitrogens with one attached hydrogen (secondary N) is 1. The molecule has 8 heteroatoms. The van der Waals surface area contributed by atoms with Crippen molar-refractivity contribution in [3.8, 4) is 10.8 Å². The van der Waals surface area contributed by atoms with Crippen molar-refractivity contribution in [2.45, 2.75) is 31.6 Å². The fraction of sp³-hybridized carbons (Fsp3) is 0.278. The number of amides is 1. The van der Waals surface area contributed by atoms with Crippen LogP contribution in [0, 0.1) is 0 Å². The molecule has 4 rings (SSSR count). The fourth-order valence-electron chi connectivity index (χ4n) is 2.87. The third-order valence-electron chi connectivity index (χ3n) is 4.19. The van der Waals surface area contributed by atoms with E-state index in [2.05, 4.69) is 10.3 Å². The maximum Gasteiger partial charge on any atom is 0.332 e. The van der Waals surface area contributed by atoms with Gasteiger partial charge in [-0.3, -0.25) is 4.79 Å². The molecule has 0 spiro atoms. The van der Waals surface area contributed by atoms with E-state index in [4.69, 9.17) is 14.3 Å². The van der Waals surface area contributed by atoms with E-state index in [1.807, 2.05) is 30.3 Å². The lowest BCUT2D eigenvalue weighted by Crippen LogP contribution is -2.35. The first-order valence-electron chi connectivity index (χ1n) is 8.21. The molecule has 2 atom stereocenters. The molecule has 7 nitrogen and oxygen atoms in total. The van der Waals surface area contributed by atoms with E-state index in [9.17, 15) is 9.59 Å². The second kappa shape index (κ2) is 6.89. The third kappa shape index (κ3) is 3.33. The van der Waals surface area contributed by atoms with Crippen LogP contribution in [-0.2, 0) is 20.9 Å². The number of para-hydroxylation sites is 1. The SMILES string of the molecule is O=C(NCc1ccc(-c2nc3ccccc3s2)o1)[C@@H]1CC[C@H](C(=O)O)O1. The molecule has 2 aromatic heterocycles. The predicted octanol–water partition coefficient (Wildman–Crippen LogP) is 2.80.